The standard InChI is InChI=1S/C27H23F3N2O/c1-16-7-10-24-22(11-16)23(14-25(32-24)20-9-8-17(2)18(3)12-20)26(33)31-15-19-5-4-6-21(13-19)27(28,29)30/h4-14H,15H2,1-3H3,(H,31,33). The molecule has 168 valence electrons. The van der Waals surface area contributed by atoms with Crippen molar-refractivity contribution in [2.24, 2.45) is 0 Å². The van der Waals surface area contributed by atoms with Gasteiger partial charge in [0.1, 0.15) is 0 Å². The summed E-state index contributed by atoms with van der Waals surface area (Å²) in [6.07, 6.45) is -4.43. The van der Waals surface area contributed by atoms with Crippen molar-refractivity contribution in [2.45, 2.75) is 33.5 Å². The summed E-state index contributed by atoms with van der Waals surface area (Å²) in [6, 6.07) is 18.4. The summed E-state index contributed by atoms with van der Waals surface area (Å²) in [5.74, 6) is -0.365. The van der Waals surface area contributed by atoms with Crippen LogP contribution >= 0.6 is 0 Å². The molecule has 4 aromatic rings. The Morgan fingerprint density at radius 1 is 0.909 bits per heavy atom. The van der Waals surface area contributed by atoms with Crippen LogP contribution in [0.25, 0.3) is 22.2 Å². The molecule has 0 aliphatic carbocycles. The van der Waals surface area contributed by atoms with E-state index in [2.05, 4.69) is 5.32 Å². The van der Waals surface area contributed by atoms with Gasteiger partial charge in [-0.2, -0.15) is 13.2 Å². The summed E-state index contributed by atoms with van der Waals surface area (Å²) in [5, 5.41) is 3.47. The van der Waals surface area contributed by atoms with Crippen molar-refractivity contribution in [1.82, 2.24) is 10.3 Å². The number of aryl methyl sites for hydroxylation is 3. The van der Waals surface area contributed by atoms with Crippen LogP contribution in [-0.4, -0.2) is 10.9 Å². The monoisotopic (exact) mass is 448 g/mol. The number of aromatic nitrogens is 1. The van der Waals surface area contributed by atoms with Gasteiger partial charge in [-0.05, 0) is 73.9 Å². The normalized spacial score (nSPS) is 11.6. The third-order valence-electron chi connectivity index (χ3n) is 5.72. The highest BCUT2D eigenvalue weighted by Crippen LogP contribution is 2.30. The Hall–Kier alpha value is -3.67. The SMILES string of the molecule is Cc1ccc2nc(-c3ccc(C)c(C)c3)cc(C(=O)NCc3cccc(C(F)(F)F)c3)c2c1. The van der Waals surface area contributed by atoms with E-state index in [-0.39, 0.29) is 12.5 Å². The maximum absolute atomic E-state index is 13.2. The molecule has 0 aliphatic rings. The van der Waals surface area contributed by atoms with E-state index in [1.807, 2.05) is 57.2 Å². The van der Waals surface area contributed by atoms with Crippen LogP contribution in [0.5, 0.6) is 0 Å². The highest BCUT2D eigenvalue weighted by molar-refractivity contribution is 6.07. The van der Waals surface area contributed by atoms with Crippen LogP contribution in [0.3, 0.4) is 0 Å². The van der Waals surface area contributed by atoms with Gasteiger partial charge in [0.25, 0.3) is 5.91 Å². The lowest BCUT2D eigenvalue weighted by Crippen LogP contribution is -2.23. The van der Waals surface area contributed by atoms with Crippen LogP contribution in [0.4, 0.5) is 13.2 Å². The molecule has 0 fully saturated rings. The summed E-state index contributed by atoms with van der Waals surface area (Å²) < 4.78 is 39.0. The first-order chi connectivity index (χ1) is 15.6. The first-order valence-electron chi connectivity index (χ1n) is 10.6. The summed E-state index contributed by atoms with van der Waals surface area (Å²) in [4.78, 5) is 17.9. The van der Waals surface area contributed by atoms with Gasteiger partial charge in [-0.1, -0.05) is 35.9 Å². The molecule has 1 amide bonds. The highest BCUT2D eigenvalue weighted by Gasteiger charge is 2.30. The topological polar surface area (TPSA) is 42.0 Å². The number of fused-ring (bicyclic) bond motifs is 1. The number of rotatable bonds is 4. The molecular formula is C27H23F3N2O. The van der Waals surface area contributed by atoms with Gasteiger partial charge in [0, 0.05) is 17.5 Å². The van der Waals surface area contributed by atoms with E-state index in [1.165, 1.54) is 6.07 Å². The fourth-order valence-electron chi connectivity index (χ4n) is 3.71. The Balaban J connectivity index is 1.70. The first kappa shape index (κ1) is 22.5. The second-order valence-corrected chi connectivity index (χ2v) is 8.26. The molecule has 0 atom stereocenters. The summed E-state index contributed by atoms with van der Waals surface area (Å²) >= 11 is 0. The largest absolute Gasteiger partial charge is 0.416 e. The summed E-state index contributed by atoms with van der Waals surface area (Å²) in [6.45, 7) is 5.96. The molecule has 0 aliphatic heterocycles. The second kappa shape index (κ2) is 8.70. The van der Waals surface area contributed by atoms with Crippen molar-refractivity contribution in [1.29, 1.82) is 0 Å². The minimum atomic E-state index is -4.43. The zero-order chi connectivity index (χ0) is 23.8. The number of alkyl halides is 3. The van der Waals surface area contributed by atoms with Crippen molar-refractivity contribution in [2.75, 3.05) is 0 Å². The van der Waals surface area contributed by atoms with E-state index in [4.69, 9.17) is 4.98 Å². The van der Waals surface area contributed by atoms with Gasteiger partial charge in [-0.15, -0.1) is 0 Å². The smallest absolute Gasteiger partial charge is 0.348 e. The van der Waals surface area contributed by atoms with E-state index in [0.717, 1.165) is 34.4 Å². The van der Waals surface area contributed by atoms with E-state index in [1.54, 1.807) is 12.1 Å². The number of nitrogens with zero attached hydrogens (tertiary/aromatic N) is 1. The lowest BCUT2D eigenvalue weighted by atomic mass is 9.99. The zero-order valence-electron chi connectivity index (χ0n) is 18.5. The molecule has 3 aromatic carbocycles. The number of carbonyl (C=O) groups excluding carboxylic acids is 1. The molecule has 1 aromatic heterocycles. The lowest BCUT2D eigenvalue weighted by Gasteiger charge is -2.13. The minimum Gasteiger partial charge on any atom is -0.348 e. The van der Waals surface area contributed by atoms with Crippen molar-refractivity contribution in [3.05, 3.63) is 100 Å². The molecule has 0 spiro atoms. The van der Waals surface area contributed by atoms with Crippen LogP contribution in [0.1, 0.15) is 38.2 Å². The third-order valence-corrected chi connectivity index (χ3v) is 5.72. The van der Waals surface area contributed by atoms with Gasteiger partial charge >= 0.3 is 6.18 Å². The molecule has 1 N–H and O–H groups in total. The Bertz CT molecular complexity index is 1360. The molecule has 33 heavy (non-hydrogen) atoms. The second-order valence-electron chi connectivity index (χ2n) is 8.26. The van der Waals surface area contributed by atoms with Crippen LogP contribution in [0.2, 0.25) is 0 Å². The Morgan fingerprint density at radius 2 is 1.70 bits per heavy atom. The number of pyridine rings is 1. The fourth-order valence-corrected chi connectivity index (χ4v) is 3.71. The molecule has 0 bridgehead atoms. The number of benzene rings is 3. The molecule has 0 saturated heterocycles. The molecule has 4 rings (SSSR count). The average molecular weight is 448 g/mol. The van der Waals surface area contributed by atoms with Gasteiger partial charge in [-0.25, -0.2) is 4.98 Å². The fraction of sp³-hybridized carbons (Fsp3) is 0.185. The molecule has 1 heterocycles. The molecule has 0 unspecified atom stereocenters. The van der Waals surface area contributed by atoms with Crippen molar-refractivity contribution in [3.8, 4) is 11.3 Å². The van der Waals surface area contributed by atoms with Gasteiger partial charge in [0.05, 0.1) is 22.3 Å². The van der Waals surface area contributed by atoms with Gasteiger partial charge in [0.2, 0.25) is 0 Å². The summed E-state index contributed by atoms with van der Waals surface area (Å²) in [5.41, 5.74) is 5.58. The molecule has 3 nitrogen and oxygen atoms in total. The lowest BCUT2D eigenvalue weighted by molar-refractivity contribution is -0.137. The number of hydrogen-bond donors (Lipinski definition) is 1. The number of hydrogen-bond acceptors (Lipinski definition) is 2. The van der Waals surface area contributed by atoms with Crippen molar-refractivity contribution >= 4 is 16.8 Å². The van der Waals surface area contributed by atoms with Crippen molar-refractivity contribution < 1.29 is 18.0 Å². The van der Waals surface area contributed by atoms with Crippen LogP contribution < -0.4 is 5.32 Å². The van der Waals surface area contributed by atoms with Gasteiger partial charge in [0.15, 0.2) is 0 Å². The number of nitrogens with one attached hydrogen (secondary N) is 1. The predicted molar refractivity (Wildman–Crippen MR) is 124 cm³/mol. The van der Waals surface area contributed by atoms with Crippen molar-refractivity contribution in [3.63, 3.8) is 0 Å². The minimum absolute atomic E-state index is 0.0165. The van der Waals surface area contributed by atoms with E-state index >= 15 is 0 Å². The molecular weight excluding hydrogens is 425 g/mol. The number of amides is 1. The maximum Gasteiger partial charge on any atom is 0.416 e. The average Bonchev–Trinajstić information content (AvgIpc) is 2.78. The van der Waals surface area contributed by atoms with E-state index < -0.39 is 11.7 Å². The predicted octanol–water partition coefficient (Wildman–Crippen LogP) is 6.78. The Labute approximate surface area is 190 Å². The van der Waals surface area contributed by atoms with E-state index in [9.17, 15) is 18.0 Å². The molecule has 0 radical (unpaired) electrons. The first-order valence-corrected chi connectivity index (χ1v) is 10.6. The number of halogens is 3. The maximum atomic E-state index is 13.2. The molecule has 6 heteroatoms. The Morgan fingerprint density at radius 3 is 2.42 bits per heavy atom. The van der Waals surface area contributed by atoms with E-state index in [0.29, 0.717) is 27.7 Å². The molecule has 0 saturated carbocycles. The third kappa shape index (κ3) is 4.90. The summed E-state index contributed by atoms with van der Waals surface area (Å²) in [7, 11) is 0. The van der Waals surface area contributed by atoms with Crippen LogP contribution in [0, 0.1) is 20.8 Å². The van der Waals surface area contributed by atoms with Crippen LogP contribution in [-0.2, 0) is 12.7 Å². The quantitative estimate of drug-likeness (QED) is 0.374. The number of carbonyl (C=O) groups is 1. The zero-order valence-corrected chi connectivity index (χ0v) is 18.5. The van der Waals surface area contributed by atoms with Gasteiger partial charge in [-0.3, -0.25) is 4.79 Å². The van der Waals surface area contributed by atoms with Crippen LogP contribution in [0.15, 0.2) is 66.7 Å². The highest BCUT2D eigenvalue weighted by atomic mass is 19.4. The van der Waals surface area contributed by atoms with Gasteiger partial charge < -0.3 is 5.32 Å². The Kier molecular flexibility index (Phi) is 5.93.